The van der Waals surface area contributed by atoms with E-state index in [1.807, 2.05) is 36.4 Å². The SMILES string of the molecule is CCc1ccc(NC(=S)NC[C@H]2COc3ccccc3O2)cc1. The van der Waals surface area contributed by atoms with Crippen molar-refractivity contribution in [1.82, 2.24) is 5.32 Å². The number of para-hydroxylation sites is 2. The molecule has 3 rings (SSSR count). The summed E-state index contributed by atoms with van der Waals surface area (Å²) in [5.74, 6) is 1.57. The first kappa shape index (κ1) is 15.6. The Kier molecular flexibility index (Phi) is 4.98. The van der Waals surface area contributed by atoms with Crippen LogP contribution in [0.2, 0.25) is 0 Å². The third kappa shape index (κ3) is 4.13. The van der Waals surface area contributed by atoms with Crippen molar-refractivity contribution in [2.75, 3.05) is 18.5 Å². The van der Waals surface area contributed by atoms with Gasteiger partial charge in [-0.1, -0.05) is 31.2 Å². The Hall–Kier alpha value is -2.27. The van der Waals surface area contributed by atoms with Crippen molar-refractivity contribution in [2.45, 2.75) is 19.4 Å². The maximum absolute atomic E-state index is 5.89. The van der Waals surface area contributed by atoms with E-state index in [4.69, 9.17) is 21.7 Å². The van der Waals surface area contributed by atoms with Crippen molar-refractivity contribution in [3.8, 4) is 11.5 Å². The summed E-state index contributed by atoms with van der Waals surface area (Å²) in [7, 11) is 0. The highest BCUT2D eigenvalue weighted by atomic mass is 32.1. The fourth-order valence-electron chi connectivity index (χ4n) is 2.37. The molecule has 0 amide bonds. The van der Waals surface area contributed by atoms with Gasteiger partial charge in [0.15, 0.2) is 16.6 Å². The van der Waals surface area contributed by atoms with Crippen LogP contribution in [0.3, 0.4) is 0 Å². The third-order valence-corrected chi connectivity index (χ3v) is 3.92. The van der Waals surface area contributed by atoms with Crippen LogP contribution in [0.4, 0.5) is 5.69 Å². The molecule has 0 unspecified atom stereocenters. The molecule has 2 aromatic rings. The highest BCUT2D eigenvalue weighted by molar-refractivity contribution is 7.80. The molecule has 1 atom stereocenters. The Balaban J connectivity index is 1.47. The van der Waals surface area contributed by atoms with Gasteiger partial charge in [0.25, 0.3) is 0 Å². The van der Waals surface area contributed by atoms with Gasteiger partial charge in [0, 0.05) is 5.69 Å². The van der Waals surface area contributed by atoms with E-state index in [9.17, 15) is 0 Å². The normalized spacial score (nSPS) is 15.8. The smallest absolute Gasteiger partial charge is 0.170 e. The van der Waals surface area contributed by atoms with Gasteiger partial charge in [-0.05, 0) is 48.5 Å². The van der Waals surface area contributed by atoms with Crippen molar-refractivity contribution in [3.05, 3.63) is 54.1 Å². The number of nitrogens with one attached hydrogen (secondary N) is 2. The van der Waals surface area contributed by atoms with E-state index in [2.05, 4.69) is 29.7 Å². The Morgan fingerprint density at radius 2 is 1.87 bits per heavy atom. The highest BCUT2D eigenvalue weighted by Gasteiger charge is 2.20. The molecular weight excluding hydrogens is 308 g/mol. The van der Waals surface area contributed by atoms with Crippen molar-refractivity contribution in [2.24, 2.45) is 0 Å². The number of thiocarbonyl (C=S) groups is 1. The van der Waals surface area contributed by atoms with Crippen LogP contribution in [-0.2, 0) is 6.42 Å². The largest absolute Gasteiger partial charge is 0.486 e. The number of anilines is 1. The maximum atomic E-state index is 5.89. The molecule has 23 heavy (non-hydrogen) atoms. The summed E-state index contributed by atoms with van der Waals surface area (Å²) < 4.78 is 11.6. The first-order valence-electron chi connectivity index (χ1n) is 7.77. The zero-order valence-corrected chi connectivity index (χ0v) is 13.9. The molecular formula is C18H20N2O2S. The third-order valence-electron chi connectivity index (χ3n) is 3.68. The zero-order chi connectivity index (χ0) is 16.1. The van der Waals surface area contributed by atoms with Gasteiger partial charge >= 0.3 is 0 Å². The summed E-state index contributed by atoms with van der Waals surface area (Å²) in [6, 6.07) is 15.9. The molecule has 0 bridgehead atoms. The summed E-state index contributed by atoms with van der Waals surface area (Å²) in [6.07, 6.45) is 0.968. The topological polar surface area (TPSA) is 42.5 Å². The monoisotopic (exact) mass is 328 g/mol. The quantitative estimate of drug-likeness (QED) is 0.842. The molecule has 0 saturated heterocycles. The van der Waals surface area contributed by atoms with Gasteiger partial charge in [-0.3, -0.25) is 0 Å². The van der Waals surface area contributed by atoms with E-state index in [1.165, 1.54) is 5.56 Å². The minimum Gasteiger partial charge on any atom is -0.486 e. The van der Waals surface area contributed by atoms with E-state index in [-0.39, 0.29) is 6.10 Å². The van der Waals surface area contributed by atoms with Crippen LogP contribution in [0, 0.1) is 0 Å². The number of aryl methyl sites for hydroxylation is 1. The van der Waals surface area contributed by atoms with E-state index >= 15 is 0 Å². The molecule has 4 nitrogen and oxygen atoms in total. The summed E-state index contributed by atoms with van der Waals surface area (Å²) in [5.41, 5.74) is 2.28. The summed E-state index contributed by atoms with van der Waals surface area (Å²) in [4.78, 5) is 0. The highest BCUT2D eigenvalue weighted by Crippen LogP contribution is 2.30. The molecule has 0 spiro atoms. The molecule has 0 radical (unpaired) electrons. The van der Waals surface area contributed by atoms with Gasteiger partial charge in [0.1, 0.15) is 12.7 Å². The zero-order valence-electron chi connectivity index (χ0n) is 13.0. The maximum Gasteiger partial charge on any atom is 0.170 e. The van der Waals surface area contributed by atoms with Crippen molar-refractivity contribution in [1.29, 1.82) is 0 Å². The van der Waals surface area contributed by atoms with Crippen LogP contribution in [0.25, 0.3) is 0 Å². The lowest BCUT2D eigenvalue weighted by molar-refractivity contribution is 0.0939. The predicted octanol–water partition coefficient (Wildman–Crippen LogP) is 3.38. The molecule has 0 aliphatic carbocycles. The van der Waals surface area contributed by atoms with Crippen molar-refractivity contribution >= 4 is 23.0 Å². The molecule has 120 valence electrons. The van der Waals surface area contributed by atoms with Crippen molar-refractivity contribution in [3.63, 3.8) is 0 Å². The number of benzene rings is 2. The fraction of sp³-hybridized carbons (Fsp3) is 0.278. The standard InChI is InChI=1S/C18H20N2O2S/c1-2-13-7-9-14(10-8-13)20-18(23)19-11-15-12-21-16-5-3-4-6-17(16)22-15/h3-10,15H,2,11-12H2,1H3,(H2,19,20,23)/t15-/m0/s1. The predicted molar refractivity (Wildman–Crippen MR) is 96.4 cm³/mol. The molecule has 0 fully saturated rings. The second kappa shape index (κ2) is 7.33. The first-order valence-corrected chi connectivity index (χ1v) is 8.17. The van der Waals surface area contributed by atoms with Crippen LogP contribution < -0.4 is 20.1 Å². The van der Waals surface area contributed by atoms with Gasteiger partial charge in [-0.15, -0.1) is 0 Å². The minimum absolute atomic E-state index is 0.0629. The van der Waals surface area contributed by atoms with Gasteiger partial charge in [0.2, 0.25) is 0 Å². The minimum atomic E-state index is -0.0629. The van der Waals surface area contributed by atoms with E-state index < -0.39 is 0 Å². The van der Waals surface area contributed by atoms with E-state index in [0.29, 0.717) is 18.3 Å². The molecule has 2 aromatic carbocycles. The molecule has 0 aromatic heterocycles. The Bertz CT molecular complexity index is 673. The van der Waals surface area contributed by atoms with Crippen LogP contribution in [0.15, 0.2) is 48.5 Å². The van der Waals surface area contributed by atoms with Crippen LogP contribution in [0.5, 0.6) is 11.5 Å². The average molecular weight is 328 g/mol. The molecule has 1 aliphatic rings. The van der Waals surface area contributed by atoms with E-state index in [1.54, 1.807) is 0 Å². The van der Waals surface area contributed by atoms with Gasteiger partial charge in [-0.2, -0.15) is 0 Å². The lowest BCUT2D eigenvalue weighted by Crippen LogP contribution is -2.42. The number of fused-ring (bicyclic) bond motifs is 1. The number of hydrogen-bond acceptors (Lipinski definition) is 3. The van der Waals surface area contributed by atoms with Gasteiger partial charge in [0.05, 0.1) is 6.54 Å². The lowest BCUT2D eigenvalue weighted by atomic mass is 10.1. The summed E-state index contributed by atoms with van der Waals surface area (Å²) >= 11 is 5.32. The van der Waals surface area contributed by atoms with Gasteiger partial charge < -0.3 is 20.1 Å². The molecule has 1 heterocycles. The van der Waals surface area contributed by atoms with Crippen LogP contribution in [-0.4, -0.2) is 24.4 Å². The Morgan fingerprint density at radius 3 is 2.61 bits per heavy atom. The van der Waals surface area contributed by atoms with Crippen molar-refractivity contribution < 1.29 is 9.47 Å². The second-order valence-electron chi connectivity index (χ2n) is 5.38. The molecule has 5 heteroatoms. The lowest BCUT2D eigenvalue weighted by Gasteiger charge is -2.27. The molecule has 2 N–H and O–H groups in total. The van der Waals surface area contributed by atoms with E-state index in [0.717, 1.165) is 23.6 Å². The second-order valence-corrected chi connectivity index (χ2v) is 5.79. The molecule has 1 aliphatic heterocycles. The average Bonchev–Trinajstić information content (AvgIpc) is 2.60. The number of ether oxygens (including phenoxy) is 2. The summed E-state index contributed by atoms with van der Waals surface area (Å²) in [6.45, 7) is 3.24. The first-order chi connectivity index (χ1) is 11.2. The fourth-order valence-corrected chi connectivity index (χ4v) is 2.57. The summed E-state index contributed by atoms with van der Waals surface area (Å²) in [5, 5.41) is 6.93. The molecule has 0 saturated carbocycles. The van der Waals surface area contributed by atoms with Crippen LogP contribution in [0.1, 0.15) is 12.5 Å². The number of hydrogen-bond donors (Lipinski definition) is 2. The Morgan fingerprint density at radius 1 is 1.13 bits per heavy atom. The van der Waals surface area contributed by atoms with Crippen LogP contribution >= 0.6 is 12.2 Å². The Labute approximate surface area is 141 Å². The number of rotatable bonds is 4. The van der Waals surface area contributed by atoms with Gasteiger partial charge in [-0.25, -0.2) is 0 Å².